The Balaban J connectivity index is 1.60. The number of amides is 1. The minimum atomic E-state index is -0.196. The standard InChI is InChI=1S/C19H23N3O2/c23-16-10-12-22(13-11-16)18-9-5-4-8-17(18)20-14-19(24)21-15-6-2-1-3-7-15/h1-9,16,20,23H,10-14H2,(H,21,24). The number of carbonyl (C=O) groups excluding carboxylic acids is 1. The molecule has 2 aromatic rings. The number of hydrogen-bond donors (Lipinski definition) is 3. The first kappa shape index (κ1) is 16.3. The van der Waals surface area contributed by atoms with Gasteiger partial charge in [0.15, 0.2) is 0 Å². The Morgan fingerprint density at radius 2 is 1.71 bits per heavy atom. The fraction of sp³-hybridized carbons (Fsp3) is 0.316. The molecule has 1 aliphatic heterocycles. The van der Waals surface area contributed by atoms with Gasteiger partial charge in [0, 0.05) is 18.8 Å². The fourth-order valence-corrected chi connectivity index (χ4v) is 2.91. The predicted octanol–water partition coefficient (Wildman–Crippen LogP) is 2.70. The Bertz CT molecular complexity index is 667. The Hall–Kier alpha value is -2.53. The van der Waals surface area contributed by atoms with Crippen molar-refractivity contribution in [1.29, 1.82) is 0 Å². The quantitative estimate of drug-likeness (QED) is 0.791. The van der Waals surface area contributed by atoms with Gasteiger partial charge in [0.1, 0.15) is 0 Å². The van der Waals surface area contributed by atoms with Crippen LogP contribution in [-0.4, -0.2) is 36.8 Å². The molecule has 0 bridgehead atoms. The van der Waals surface area contributed by atoms with E-state index in [2.05, 4.69) is 21.6 Å². The van der Waals surface area contributed by atoms with Gasteiger partial charge in [-0.3, -0.25) is 4.79 Å². The van der Waals surface area contributed by atoms with E-state index >= 15 is 0 Å². The molecule has 0 spiro atoms. The van der Waals surface area contributed by atoms with Crippen LogP contribution >= 0.6 is 0 Å². The molecular formula is C19H23N3O2. The van der Waals surface area contributed by atoms with Gasteiger partial charge in [0.25, 0.3) is 0 Å². The second-order valence-corrected chi connectivity index (χ2v) is 6.00. The summed E-state index contributed by atoms with van der Waals surface area (Å²) in [7, 11) is 0. The number of nitrogens with one attached hydrogen (secondary N) is 2. The predicted molar refractivity (Wildman–Crippen MR) is 97.5 cm³/mol. The van der Waals surface area contributed by atoms with Gasteiger partial charge in [-0.1, -0.05) is 30.3 Å². The van der Waals surface area contributed by atoms with Gasteiger partial charge in [-0.15, -0.1) is 0 Å². The van der Waals surface area contributed by atoms with Gasteiger partial charge in [0.2, 0.25) is 5.91 Å². The molecular weight excluding hydrogens is 302 g/mol. The van der Waals surface area contributed by atoms with Crippen LogP contribution in [-0.2, 0) is 4.79 Å². The number of anilines is 3. The largest absolute Gasteiger partial charge is 0.393 e. The van der Waals surface area contributed by atoms with Gasteiger partial charge in [-0.25, -0.2) is 0 Å². The van der Waals surface area contributed by atoms with Crippen molar-refractivity contribution in [3.8, 4) is 0 Å². The van der Waals surface area contributed by atoms with Crippen molar-refractivity contribution < 1.29 is 9.90 Å². The highest BCUT2D eigenvalue weighted by Crippen LogP contribution is 2.28. The smallest absolute Gasteiger partial charge is 0.243 e. The van der Waals surface area contributed by atoms with Crippen molar-refractivity contribution in [1.82, 2.24) is 0 Å². The van der Waals surface area contributed by atoms with Crippen LogP contribution in [0.1, 0.15) is 12.8 Å². The minimum absolute atomic E-state index is 0.0786. The zero-order valence-corrected chi connectivity index (χ0v) is 13.6. The van der Waals surface area contributed by atoms with Crippen LogP contribution in [0.15, 0.2) is 54.6 Å². The average Bonchev–Trinajstić information content (AvgIpc) is 2.62. The molecule has 0 saturated carbocycles. The lowest BCUT2D eigenvalue weighted by Crippen LogP contribution is -2.36. The lowest BCUT2D eigenvalue weighted by Gasteiger charge is -2.32. The maximum absolute atomic E-state index is 12.1. The number of rotatable bonds is 5. The van der Waals surface area contributed by atoms with E-state index in [-0.39, 0.29) is 18.6 Å². The summed E-state index contributed by atoms with van der Waals surface area (Å²) in [6.45, 7) is 1.87. The number of para-hydroxylation sites is 3. The number of aliphatic hydroxyl groups excluding tert-OH is 1. The monoisotopic (exact) mass is 325 g/mol. The van der Waals surface area contributed by atoms with Crippen molar-refractivity contribution in [2.75, 3.05) is 35.2 Å². The van der Waals surface area contributed by atoms with E-state index in [4.69, 9.17) is 0 Å². The lowest BCUT2D eigenvalue weighted by atomic mass is 10.1. The second-order valence-electron chi connectivity index (χ2n) is 6.00. The summed E-state index contributed by atoms with van der Waals surface area (Å²) in [5, 5.41) is 15.8. The van der Waals surface area contributed by atoms with Crippen LogP contribution in [0.4, 0.5) is 17.1 Å². The summed E-state index contributed by atoms with van der Waals surface area (Å²) >= 11 is 0. The topological polar surface area (TPSA) is 64.6 Å². The number of carbonyl (C=O) groups is 1. The molecule has 2 aromatic carbocycles. The summed E-state index contributed by atoms with van der Waals surface area (Å²) in [6.07, 6.45) is 1.36. The average molecular weight is 325 g/mol. The van der Waals surface area contributed by atoms with Gasteiger partial charge in [-0.2, -0.15) is 0 Å². The highest BCUT2D eigenvalue weighted by molar-refractivity contribution is 5.94. The first-order chi connectivity index (χ1) is 11.7. The molecule has 1 saturated heterocycles. The van der Waals surface area contributed by atoms with Gasteiger partial charge in [-0.05, 0) is 37.1 Å². The SMILES string of the molecule is O=C(CNc1ccccc1N1CCC(O)CC1)Nc1ccccc1. The zero-order chi connectivity index (χ0) is 16.8. The third-order valence-corrected chi connectivity index (χ3v) is 4.21. The highest BCUT2D eigenvalue weighted by Gasteiger charge is 2.19. The molecule has 24 heavy (non-hydrogen) atoms. The van der Waals surface area contributed by atoms with Crippen LogP contribution in [0, 0.1) is 0 Å². The summed E-state index contributed by atoms with van der Waals surface area (Å²) in [6, 6.07) is 17.4. The molecule has 1 aliphatic rings. The first-order valence-corrected chi connectivity index (χ1v) is 8.33. The normalized spacial score (nSPS) is 15.1. The molecule has 3 rings (SSSR count). The molecule has 1 heterocycles. The Morgan fingerprint density at radius 1 is 1.04 bits per heavy atom. The van der Waals surface area contributed by atoms with Crippen LogP contribution in [0.2, 0.25) is 0 Å². The number of benzene rings is 2. The molecule has 5 nitrogen and oxygen atoms in total. The van der Waals surface area contributed by atoms with Crippen molar-refractivity contribution in [3.05, 3.63) is 54.6 Å². The van der Waals surface area contributed by atoms with Gasteiger partial charge >= 0.3 is 0 Å². The van der Waals surface area contributed by atoms with Gasteiger partial charge < -0.3 is 20.6 Å². The number of nitrogens with zero attached hydrogens (tertiary/aromatic N) is 1. The van der Waals surface area contributed by atoms with E-state index in [0.717, 1.165) is 43.0 Å². The molecule has 0 aliphatic carbocycles. The number of aliphatic hydroxyl groups is 1. The second kappa shape index (κ2) is 7.84. The fourth-order valence-electron chi connectivity index (χ4n) is 2.91. The van der Waals surface area contributed by atoms with E-state index < -0.39 is 0 Å². The van der Waals surface area contributed by atoms with E-state index in [1.54, 1.807) is 0 Å². The van der Waals surface area contributed by atoms with Crippen LogP contribution in [0.5, 0.6) is 0 Å². The molecule has 3 N–H and O–H groups in total. The van der Waals surface area contributed by atoms with E-state index in [1.165, 1.54) is 0 Å². The van der Waals surface area contributed by atoms with E-state index in [0.29, 0.717) is 0 Å². The Kier molecular flexibility index (Phi) is 5.33. The van der Waals surface area contributed by atoms with Gasteiger partial charge in [0.05, 0.1) is 24.0 Å². The molecule has 126 valence electrons. The van der Waals surface area contributed by atoms with Crippen molar-refractivity contribution >= 4 is 23.0 Å². The summed E-state index contributed by atoms with van der Waals surface area (Å²) < 4.78 is 0. The molecule has 0 atom stereocenters. The highest BCUT2D eigenvalue weighted by atomic mass is 16.3. The van der Waals surface area contributed by atoms with Crippen molar-refractivity contribution in [3.63, 3.8) is 0 Å². The van der Waals surface area contributed by atoms with Crippen molar-refractivity contribution in [2.45, 2.75) is 18.9 Å². The maximum Gasteiger partial charge on any atom is 0.243 e. The maximum atomic E-state index is 12.1. The molecule has 1 amide bonds. The van der Waals surface area contributed by atoms with Crippen LogP contribution in [0.25, 0.3) is 0 Å². The molecule has 0 radical (unpaired) electrons. The zero-order valence-electron chi connectivity index (χ0n) is 13.6. The molecule has 1 fully saturated rings. The summed E-state index contributed by atoms with van der Waals surface area (Å²) in [4.78, 5) is 14.4. The Morgan fingerprint density at radius 3 is 2.46 bits per heavy atom. The minimum Gasteiger partial charge on any atom is -0.393 e. The molecule has 5 heteroatoms. The van der Waals surface area contributed by atoms with Crippen molar-refractivity contribution in [2.24, 2.45) is 0 Å². The lowest BCUT2D eigenvalue weighted by molar-refractivity contribution is -0.114. The van der Waals surface area contributed by atoms with Crippen LogP contribution in [0.3, 0.4) is 0 Å². The summed E-state index contributed by atoms with van der Waals surface area (Å²) in [5.41, 5.74) is 2.82. The molecule has 0 unspecified atom stereocenters. The van der Waals surface area contributed by atoms with E-state index in [9.17, 15) is 9.90 Å². The first-order valence-electron chi connectivity index (χ1n) is 8.33. The van der Waals surface area contributed by atoms with Crippen LogP contribution < -0.4 is 15.5 Å². The number of piperidine rings is 1. The number of hydrogen-bond acceptors (Lipinski definition) is 4. The molecule has 0 aromatic heterocycles. The van der Waals surface area contributed by atoms with E-state index in [1.807, 2.05) is 48.5 Å². The third-order valence-electron chi connectivity index (χ3n) is 4.21. The summed E-state index contributed by atoms with van der Waals surface area (Å²) in [5.74, 6) is -0.0786. The third kappa shape index (κ3) is 4.26. The Labute approximate surface area is 142 Å².